The van der Waals surface area contributed by atoms with Crippen LogP contribution in [0.1, 0.15) is 12.5 Å². The van der Waals surface area contributed by atoms with Crippen molar-refractivity contribution in [2.45, 2.75) is 18.7 Å². The van der Waals surface area contributed by atoms with Crippen molar-refractivity contribution in [2.24, 2.45) is 5.92 Å². The molecule has 90 valence electrons. The normalized spacial score (nSPS) is 13.7. The number of aryl methyl sites for hydroxylation is 1. The Morgan fingerprint density at radius 2 is 1.88 bits per heavy atom. The summed E-state index contributed by atoms with van der Waals surface area (Å²) in [5.74, 6) is 0.394. The second-order valence-corrected chi connectivity index (χ2v) is 5.74. The number of halogens is 1. The Hall–Kier alpha value is -0.580. The lowest BCUT2D eigenvalue weighted by Gasteiger charge is -2.09. The van der Waals surface area contributed by atoms with Gasteiger partial charge in [0.25, 0.3) is 10.1 Å². The minimum absolute atomic E-state index is 0.0156. The van der Waals surface area contributed by atoms with Crippen LogP contribution < -0.4 is 0 Å². The van der Waals surface area contributed by atoms with E-state index in [9.17, 15) is 8.42 Å². The fourth-order valence-electron chi connectivity index (χ4n) is 1.02. The molecule has 0 aliphatic carbocycles. The van der Waals surface area contributed by atoms with E-state index in [0.717, 1.165) is 5.56 Å². The molecule has 0 aliphatic rings. The molecule has 0 saturated carbocycles. The van der Waals surface area contributed by atoms with Gasteiger partial charge in [-0.3, -0.25) is 4.18 Å². The summed E-state index contributed by atoms with van der Waals surface area (Å²) in [6.45, 7) is 3.84. The Labute approximate surface area is 102 Å². The van der Waals surface area contributed by atoms with Crippen LogP contribution >= 0.6 is 11.6 Å². The molecule has 3 nitrogen and oxygen atoms in total. The van der Waals surface area contributed by atoms with Crippen molar-refractivity contribution in [1.82, 2.24) is 0 Å². The summed E-state index contributed by atoms with van der Waals surface area (Å²) in [4.78, 5) is 0.180. The van der Waals surface area contributed by atoms with Crippen LogP contribution in [0, 0.1) is 12.8 Å². The monoisotopic (exact) mass is 262 g/mol. The molecule has 0 radical (unpaired) electrons. The summed E-state index contributed by atoms with van der Waals surface area (Å²) < 4.78 is 28.3. The van der Waals surface area contributed by atoms with E-state index in [-0.39, 0.29) is 17.4 Å². The highest BCUT2D eigenvalue weighted by atomic mass is 35.5. The molecule has 16 heavy (non-hydrogen) atoms. The van der Waals surface area contributed by atoms with E-state index in [1.165, 1.54) is 12.1 Å². The summed E-state index contributed by atoms with van der Waals surface area (Å²) in [5.41, 5.74) is 1.01. The maximum atomic E-state index is 11.7. The molecule has 0 N–H and O–H groups in total. The van der Waals surface area contributed by atoms with E-state index >= 15 is 0 Å². The third kappa shape index (κ3) is 3.77. The summed E-state index contributed by atoms with van der Waals surface area (Å²) >= 11 is 5.57. The van der Waals surface area contributed by atoms with Gasteiger partial charge in [-0.25, -0.2) is 0 Å². The molecule has 1 aromatic carbocycles. The predicted octanol–water partition coefficient (Wildman–Crippen LogP) is 2.58. The Kier molecular flexibility index (Phi) is 4.77. The molecule has 1 rings (SSSR count). The van der Waals surface area contributed by atoms with Crippen LogP contribution in [-0.4, -0.2) is 20.9 Å². The third-order valence-electron chi connectivity index (χ3n) is 2.08. The Morgan fingerprint density at radius 3 is 2.38 bits per heavy atom. The van der Waals surface area contributed by atoms with Crippen molar-refractivity contribution in [3.63, 3.8) is 0 Å². The fourth-order valence-corrected chi connectivity index (χ4v) is 2.13. The Balaban J connectivity index is 2.74. The first kappa shape index (κ1) is 13.5. The first-order valence-corrected chi connectivity index (χ1v) is 6.92. The molecule has 5 heteroatoms. The van der Waals surface area contributed by atoms with E-state index in [1.54, 1.807) is 12.1 Å². The van der Waals surface area contributed by atoms with Crippen molar-refractivity contribution < 1.29 is 12.6 Å². The molecule has 0 aromatic heterocycles. The maximum Gasteiger partial charge on any atom is 0.296 e. The molecular weight excluding hydrogens is 248 g/mol. The van der Waals surface area contributed by atoms with Gasteiger partial charge in [0.1, 0.15) is 0 Å². The molecule has 1 atom stereocenters. The van der Waals surface area contributed by atoms with E-state index in [4.69, 9.17) is 15.8 Å². The van der Waals surface area contributed by atoms with Crippen LogP contribution in [0.2, 0.25) is 0 Å². The van der Waals surface area contributed by atoms with Crippen LogP contribution in [0.15, 0.2) is 29.2 Å². The lowest BCUT2D eigenvalue weighted by atomic mass is 10.2. The Morgan fingerprint density at radius 1 is 1.31 bits per heavy atom. The SMILES string of the molecule is Cc1ccc(S(=O)(=O)OCC(C)CCl)cc1. The Bertz CT molecular complexity index is 425. The van der Waals surface area contributed by atoms with Crippen molar-refractivity contribution >= 4 is 21.7 Å². The van der Waals surface area contributed by atoms with Crippen LogP contribution in [0.3, 0.4) is 0 Å². The van der Waals surface area contributed by atoms with Gasteiger partial charge < -0.3 is 0 Å². The van der Waals surface area contributed by atoms with Gasteiger partial charge >= 0.3 is 0 Å². The zero-order chi connectivity index (χ0) is 12.2. The zero-order valence-corrected chi connectivity index (χ0v) is 10.9. The number of alkyl halides is 1. The maximum absolute atomic E-state index is 11.7. The van der Waals surface area contributed by atoms with E-state index in [2.05, 4.69) is 0 Å². The van der Waals surface area contributed by atoms with Crippen molar-refractivity contribution in [1.29, 1.82) is 0 Å². The number of rotatable bonds is 5. The highest BCUT2D eigenvalue weighted by Gasteiger charge is 2.16. The molecule has 1 unspecified atom stereocenters. The van der Waals surface area contributed by atoms with E-state index in [1.807, 2.05) is 13.8 Å². The third-order valence-corrected chi connectivity index (χ3v) is 3.90. The van der Waals surface area contributed by atoms with Gasteiger partial charge in [0, 0.05) is 5.88 Å². The van der Waals surface area contributed by atoms with Gasteiger partial charge in [-0.2, -0.15) is 8.42 Å². The smallest absolute Gasteiger partial charge is 0.266 e. The molecule has 0 spiro atoms. The van der Waals surface area contributed by atoms with Gasteiger partial charge in [0.05, 0.1) is 11.5 Å². The first-order chi connectivity index (χ1) is 7.45. The summed E-state index contributed by atoms with van der Waals surface area (Å²) in [5, 5.41) is 0. The van der Waals surface area contributed by atoms with Gasteiger partial charge in [0.2, 0.25) is 0 Å². The van der Waals surface area contributed by atoms with Crippen LogP contribution in [0.4, 0.5) is 0 Å². The predicted molar refractivity (Wildman–Crippen MR) is 64.2 cm³/mol. The summed E-state index contributed by atoms with van der Waals surface area (Å²) in [7, 11) is -3.64. The zero-order valence-electron chi connectivity index (χ0n) is 9.31. The fraction of sp³-hybridized carbons (Fsp3) is 0.455. The van der Waals surface area contributed by atoms with Crippen molar-refractivity contribution in [3.8, 4) is 0 Å². The second kappa shape index (κ2) is 5.66. The summed E-state index contributed by atoms with van der Waals surface area (Å²) in [6.07, 6.45) is 0. The lowest BCUT2D eigenvalue weighted by Crippen LogP contribution is -2.13. The minimum Gasteiger partial charge on any atom is -0.266 e. The highest BCUT2D eigenvalue weighted by Crippen LogP contribution is 2.14. The second-order valence-electron chi connectivity index (χ2n) is 3.81. The molecule has 1 aromatic rings. The van der Waals surface area contributed by atoms with Crippen LogP contribution in [-0.2, 0) is 14.3 Å². The minimum atomic E-state index is -3.64. The molecule has 0 heterocycles. The van der Waals surface area contributed by atoms with Crippen LogP contribution in [0.25, 0.3) is 0 Å². The highest BCUT2D eigenvalue weighted by molar-refractivity contribution is 7.86. The van der Waals surface area contributed by atoms with Crippen molar-refractivity contribution in [2.75, 3.05) is 12.5 Å². The number of benzene rings is 1. The number of hydrogen-bond acceptors (Lipinski definition) is 3. The molecule has 0 bridgehead atoms. The first-order valence-electron chi connectivity index (χ1n) is 4.98. The average molecular weight is 263 g/mol. The van der Waals surface area contributed by atoms with E-state index in [0.29, 0.717) is 5.88 Å². The largest absolute Gasteiger partial charge is 0.296 e. The molecule has 0 fully saturated rings. The topological polar surface area (TPSA) is 43.4 Å². The van der Waals surface area contributed by atoms with Crippen molar-refractivity contribution in [3.05, 3.63) is 29.8 Å². The average Bonchev–Trinajstić information content (AvgIpc) is 2.26. The molecule has 0 amide bonds. The van der Waals surface area contributed by atoms with E-state index < -0.39 is 10.1 Å². The van der Waals surface area contributed by atoms with Gasteiger partial charge in [-0.05, 0) is 25.0 Å². The van der Waals surface area contributed by atoms with Gasteiger partial charge in [0.15, 0.2) is 0 Å². The molecular formula is C11H15ClO3S. The summed E-state index contributed by atoms with van der Waals surface area (Å²) in [6, 6.07) is 6.55. The van der Waals surface area contributed by atoms with Crippen LogP contribution in [0.5, 0.6) is 0 Å². The molecule has 0 saturated heterocycles. The number of hydrogen-bond donors (Lipinski definition) is 0. The quantitative estimate of drug-likeness (QED) is 0.605. The van der Waals surface area contributed by atoms with Gasteiger partial charge in [-0.15, -0.1) is 11.6 Å². The van der Waals surface area contributed by atoms with Gasteiger partial charge in [-0.1, -0.05) is 24.6 Å². The molecule has 0 aliphatic heterocycles. The lowest BCUT2D eigenvalue weighted by molar-refractivity contribution is 0.277. The standard InChI is InChI=1S/C11H15ClO3S/c1-9-3-5-11(6-4-9)16(13,14)15-8-10(2)7-12/h3-6,10H,7-8H2,1-2H3.